The van der Waals surface area contributed by atoms with Gasteiger partial charge in [-0.3, -0.25) is 0 Å². The van der Waals surface area contributed by atoms with Crippen LogP contribution in [0.5, 0.6) is 0 Å². The SMILES string of the molecule is CCCNCC(C)[C@@H]1C=CC(C(CCC(C)C2CCC(C3=CCC([C@H](N)CN)CC3)CC2)CN[C@@H]2CCCC3=C2CCCC3)CC1. The maximum absolute atomic E-state index is 6.28. The molecule has 8 atom stereocenters. The first kappa shape index (κ1) is 36.3. The number of rotatable bonds is 16. The van der Waals surface area contributed by atoms with Crippen molar-refractivity contribution in [1.29, 1.82) is 0 Å². The van der Waals surface area contributed by atoms with E-state index in [1.54, 1.807) is 5.57 Å². The third-order valence-corrected chi connectivity index (χ3v) is 13.8. The highest BCUT2D eigenvalue weighted by Gasteiger charge is 2.32. The van der Waals surface area contributed by atoms with Crippen molar-refractivity contribution in [3.63, 3.8) is 0 Å². The Hall–Kier alpha value is -0.940. The molecule has 0 aromatic heterocycles. The van der Waals surface area contributed by atoms with Gasteiger partial charge in [0.2, 0.25) is 0 Å². The van der Waals surface area contributed by atoms with Gasteiger partial charge < -0.3 is 22.1 Å². The minimum Gasteiger partial charge on any atom is -0.329 e. The van der Waals surface area contributed by atoms with Gasteiger partial charge in [-0.15, -0.1) is 0 Å². The van der Waals surface area contributed by atoms with Crippen LogP contribution in [0.4, 0.5) is 0 Å². The number of hydrogen-bond acceptors (Lipinski definition) is 4. The van der Waals surface area contributed by atoms with E-state index < -0.39 is 0 Å². The first-order valence-electron chi connectivity index (χ1n) is 20.4. The Morgan fingerprint density at radius 3 is 2.26 bits per heavy atom. The Morgan fingerprint density at radius 1 is 0.783 bits per heavy atom. The molecule has 0 aromatic carbocycles. The predicted octanol–water partition coefficient (Wildman–Crippen LogP) is 9.07. The molecule has 5 aliphatic carbocycles. The van der Waals surface area contributed by atoms with Crippen molar-refractivity contribution in [2.45, 2.75) is 155 Å². The number of nitrogens with one attached hydrogen (secondary N) is 2. The standard InChI is InChI=1S/C42H74N4/c1-4-26-45-28-31(3)33-16-20-36(21-17-33)39(29-46-42-11-7-9-37-8-5-6-10-40(37)42)13-12-30(2)32-14-18-34(19-15-32)35-22-24-38(25-23-35)41(44)27-43/h16,20,22,30-34,36,38-39,41-42,45-46H,4-15,17-19,21,23-29,43-44H2,1-3H3/t30?,31?,32?,33-,34?,36?,38?,39?,41-,42-/m1/s1. The maximum atomic E-state index is 6.28. The van der Waals surface area contributed by atoms with Crippen LogP contribution in [-0.2, 0) is 0 Å². The van der Waals surface area contributed by atoms with Crippen LogP contribution < -0.4 is 22.1 Å². The van der Waals surface area contributed by atoms with Crippen molar-refractivity contribution in [2.24, 2.45) is 58.8 Å². The topological polar surface area (TPSA) is 76.1 Å². The van der Waals surface area contributed by atoms with Crippen molar-refractivity contribution < 1.29 is 0 Å². The Balaban J connectivity index is 1.14. The summed E-state index contributed by atoms with van der Waals surface area (Å²) in [6.07, 6.45) is 33.8. The second-order valence-electron chi connectivity index (χ2n) is 16.8. The molecule has 4 heteroatoms. The summed E-state index contributed by atoms with van der Waals surface area (Å²) in [5.74, 6) is 6.22. The zero-order chi connectivity index (χ0) is 32.3. The quantitative estimate of drug-likeness (QED) is 0.101. The van der Waals surface area contributed by atoms with Crippen molar-refractivity contribution >= 4 is 0 Å². The summed E-state index contributed by atoms with van der Waals surface area (Å²) >= 11 is 0. The molecule has 5 aliphatic rings. The van der Waals surface area contributed by atoms with E-state index in [1.807, 2.05) is 11.1 Å². The molecule has 0 bridgehead atoms. The highest BCUT2D eigenvalue weighted by Crippen LogP contribution is 2.43. The fraction of sp³-hybridized carbons (Fsp3) is 0.857. The van der Waals surface area contributed by atoms with Gasteiger partial charge in [-0.25, -0.2) is 0 Å². The number of allylic oxidation sites excluding steroid dienone is 5. The minimum atomic E-state index is 0.180. The lowest BCUT2D eigenvalue weighted by Gasteiger charge is -2.38. The molecule has 4 nitrogen and oxygen atoms in total. The maximum Gasteiger partial charge on any atom is 0.0282 e. The fourth-order valence-corrected chi connectivity index (χ4v) is 10.4. The molecule has 0 heterocycles. The summed E-state index contributed by atoms with van der Waals surface area (Å²) in [5.41, 5.74) is 17.6. The average Bonchev–Trinajstić information content (AvgIpc) is 3.11. The molecule has 0 radical (unpaired) electrons. The van der Waals surface area contributed by atoms with Crippen LogP contribution in [-0.4, -0.2) is 38.3 Å². The molecule has 0 aliphatic heterocycles. The average molecular weight is 635 g/mol. The smallest absolute Gasteiger partial charge is 0.0282 e. The largest absolute Gasteiger partial charge is 0.329 e. The molecular formula is C42H74N4. The van der Waals surface area contributed by atoms with Gasteiger partial charge in [-0.2, -0.15) is 0 Å². The Morgan fingerprint density at radius 2 is 1.54 bits per heavy atom. The highest BCUT2D eigenvalue weighted by molar-refractivity contribution is 5.25. The molecule has 0 aromatic rings. The summed E-state index contributed by atoms with van der Waals surface area (Å²) in [6, 6.07) is 0.847. The first-order valence-corrected chi connectivity index (χ1v) is 20.4. The van der Waals surface area contributed by atoms with Gasteiger partial charge in [0, 0.05) is 18.6 Å². The Labute approximate surface area is 284 Å². The summed E-state index contributed by atoms with van der Waals surface area (Å²) in [6.45, 7) is 11.5. The van der Waals surface area contributed by atoms with Crippen LogP contribution in [0, 0.1) is 47.3 Å². The molecule has 6 N–H and O–H groups in total. The van der Waals surface area contributed by atoms with E-state index in [0.29, 0.717) is 18.5 Å². The van der Waals surface area contributed by atoms with Crippen molar-refractivity contribution in [3.05, 3.63) is 34.9 Å². The molecule has 5 rings (SSSR count). The summed E-state index contributed by atoms with van der Waals surface area (Å²) in [4.78, 5) is 0. The van der Waals surface area contributed by atoms with Gasteiger partial charge >= 0.3 is 0 Å². The van der Waals surface area contributed by atoms with Crippen LogP contribution in [0.3, 0.4) is 0 Å². The van der Waals surface area contributed by atoms with Gasteiger partial charge in [0.25, 0.3) is 0 Å². The zero-order valence-electron chi connectivity index (χ0n) is 30.4. The lowest BCUT2D eigenvalue weighted by Crippen LogP contribution is -2.40. The zero-order valence-corrected chi connectivity index (χ0v) is 30.4. The third-order valence-electron chi connectivity index (χ3n) is 13.8. The van der Waals surface area contributed by atoms with Crippen LogP contribution in [0.15, 0.2) is 34.9 Å². The monoisotopic (exact) mass is 635 g/mol. The van der Waals surface area contributed by atoms with E-state index >= 15 is 0 Å². The van der Waals surface area contributed by atoms with Crippen LogP contribution in [0.25, 0.3) is 0 Å². The van der Waals surface area contributed by atoms with Gasteiger partial charge in [0.05, 0.1) is 0 Å². The van der Waals surface area contributed by atoms with Crippen LogP contribution in [0.2, 0.25) is 0 Å². The van der Waals surface area contributed by atoms with Gasteiger partial charge in [-0.05, 0) is 183 Å². The fourth-order valence-electron chi connectivity index (χ4n) is 10.4. The molecule has 0 amide bonds. The Kier molecular flexibility index (Phi) is 14.8. The first-order chi connectivity index (χ1) is 22.5. The van der Waals surface area contributed by atoms with Crippen LogP contribution in [0.1, 0.15) is 143 Å². The van der Waals surface area contributed by atoms with Gasteiger partial charge in [0.1, 0.15) is 0 Å². The van der Waals surface area contributed by atoms with Crippen molar-refractivity contribution in [3.8, 4) is 0 Å². The number of hydrogen-bond donors (Lipinski definition) is 4. The lowest BCUT2D eigenvalue weighted by atomic mass is 9.69. The van der Waals surface area contributed by atoms with E-state index in [2.05, 4.69) is 49.6 Å². The lowest BCUT2D eigenvalue weighted by molar-refractivity contribution is 0.195. The molecule has 1 fully saturated rings. The van der Waals surface area contributed by atoms with Crippen molar-refractivity contribution in [2.75, 3.05) is 26.2 Å². The molecule has 1 saturated carbocycles. The Bertz CT molecular complexity index is 986. The van der Waals surface area contributed by atoms with Crippen LogP contribution >= 0.6 is 0 Å². The second-order valence-corrected chi connectivity index (χ2v) is 16.8. The van der Waals surface area contributed by atoms with E-state index in [9.17, 15) is 0 Å². The molecule has 262 valence electrons. The van der Waals surface area contributed by atoms with E-state index in [0.717, 1.165) is 60.9 Å². The van der Waals surface area contributed by atoms with Gasteiger partial charge in [0.15, 0.2) is 0 Å². The highest BCUT2D eigenvalue weighted by atomic mass is 14.9. The molecule has 0 saturated heterocycles. The summed E-state index contributed by atoms with van der Waals surface area (Å²) in [7, 11) is 0. The molecular weight excluding hydrogens is 560 g/mol. The summed E-state index contributed by atoms with van der Waals surface area (Å²) < 4.78 is 0. The minimum absolute atomic E-state index is 0.180. The predicted molar refractivity (Wildman–Crippen MR) is 199 cm³/mol. The van der Waals surface area contributed by atoms with E-state index in [1.165, 1.54) is 122 Å². The third kappa shape index (κ3) is 10.1. The van der Waals surface area contributed by atoms with E-state index in [-0.39, 0.29) is 6.04 Å². The second kappa shape index (κ2) is 18.7. The molecule has 5 unspecified atom stereocenters. The van der Waals surface area contributed by atoms with Gasteiger partial charge in [-0.1, -0.05) is 62.1 Å². The number of nitrogens with two attached hydrogens (primary N) is 2. The normalized spacial score (nSPS) is 33.2. The van der Waals surface area contributed by atoms with Crippen molar-refractivity contribution in [1.82, 2.24) is 10.6 Å². The molecule has 0 spiro atoms. The molecule has 46 heavy (non-hydrogen) atoms. The summed E-state index contributed by atoms with van der Waals surface area (Å²) in [5, 5.41) is 7.90. The van der Waals surface area contributed by atoms with E-state index in [4.69, 9.17) is 11.5 Å².